The Hall–Kier alpha value is -16.3. The van der Waals surface area contributed by atoms with Crippen LogP contribution in [0.5, 0.6) is 0 Å². The van der Waals surface area contributed by atoms with Gasteiger partial charge in [0.2, 0.25) is 11.9 Å². The van der Waals surface area contributed by atoms with Gasteiger partial charge < -0.3 is 13.6 Å². The fourth-order valence-corrected chi connectivity index (χ4v) is 17.8. The van der Waals surface area contributed by atoms with Gasteiger partial charge in [-0.3, -0.25) is 9.13 Å². The molecule has 0 fully saturated rings. The first-order valence-electron chi connectivity index (χ1n) is 39.1. The molecule has 0 N–H and O–H groups in total. The van der Waals surface area contributed by atoms with Crippen LogP contribution in [0.4, 0.5) is 0 Å². The summed E-state index contributed by atoms with van der Waals surface area (Å²) >= 11 is 0. The third-order valence-corrected chi connectivity index (χ3v) is 23.3. The molecular weight excluding hydrogens is 1430 g/mol. The zero-order valence-electron chi connectivity index (χ0n) is 62.7. The molecule has 7 aromatic heterocycles. The van der Waals surface area contributed by atoms with E-state index >= 15 is 0 Å². The summed E-state index contributed by atoms with van der Waals surface area (Å²) in [5.74, 6) is 1.12. The summed E-state index contributed by atoms with van der Waals surface area (Å²) in [6.07, 6.45) is 0. The van der Waals surface area contributed by atoms with E-state index in [1.807, 2.05) is 103 Å². The van der Waals surface area contributed by atoms with Crippen molar-refractivity contribution in [2.75, 3.05) is 0 Å². The average Bonchev–Trinajstić information content (AvgIpc) is 1.59. The Morgan fingerprint density at radius 1 is 0.214 bits per heavy atom. The van der Waals surface area contributed by atoms with Gasteiger partial charge in [-0.2, -0.15) is 10.5 Å². The number of rotatable bonds is 12. The zero-order chi connectivity index (χ0) is 77.3. The molecule has 0 bridgehead atoms. The van der Waals surface area contributed by atoms with Crippen LogP contribution < -0.4 is 0 Å². The van der Waals surface area contributed by atoms with Gasteiger partial charge in [0.05, 0.1) is 90.2 Å². The van der Waals surface area contributed by atoms with Crippen LogP contribution in [0.25, 0.3) is 222 Å². The minimum atomic E-state index is 0.562. The lowest BCUT2D eigenvalue weighted by Crippen LogP contribution is -2.04. The highest BCUT2D eigenvalue weighted by atomic mass is 16.3. The van der Waals surface area contributed by atoms with Crippen LogP contribution in [0.2, 0.25) is 0 Å². The first-order chi connectivity index (χ1) is 57.9. The van der Waals surface area contributed by atoms with Crippen molar-refractivity contribution >= 4 is 109 Å². The van der Waals surface area contributed by atoms with Crippen molar-refractivity contribution in [3.63, 3.8) is 0 Å². The van der Waals surface area contributed by atoms with Gasteiger partial charge in [-0.25, -0.2) is 19.9 Å². The zero-order valence-corrected chi connectivity index (χ0v) is 62.7. The SMILES string of the molecule is N#Cc1ccc(-c2cc(-c3ccccc3)nc(-n3c4ccccc4c4cc(-c5ccc6c(c5)c5ccccc5n6-c5cccc(-c6cc(-c7cccc(-n8c9ccccc9c9cc(-c%10ccc%11c(c%10)c%10ccccc%10n%11-c%10nc(-c%11ccccc%11)cc(-c%11ccc(C#N)cc%11)n%10)ccc98)c7)c7oc8ccccc8c7c6)c5)ccc43)n2)cc1. The van der Waals surface area contributed by atoms with Gasteiger partial charge in [0.15, 0.2) is 0 Å². The second-order valence-electron chi connectivity index (χ2n) is 29.9. The van der Waals surface area contributed by atoms with E-state index in [0.717, 1.165) is 210 Å². The molecule has 0 atom stereocenters. The first-order valence-corrected chi connectivity index (χ1v) is 39.1. The number of hydrogen-bond acceptors (Lipinski definition) is 7. The van der Waals surface area contributed by atoms with Gasteiger partial charge in [0.1, 0.15) is 11.2 Å². The summed E-state index contributed by atoms with van der Waals surface area (Å²) in [7, 11) is 0. The molecule has 0 amide bonds. The Morgan fingerprint density at radius 3 is 0.940 bits per heavy atom. The second kappa shape index (κ2) is 26.7. The van der Waals surface area contributed by atoms with Crippen LogP contribution >= 0.6 is 0 Å². The van der Waals surface area contributed by atoms with E-state index in [0.29, 0.717) is 23.0 Å². The molecule has 7 heterocycles. The van der Waals surface area contributed by atoms with E-state index in [-0.39, 0.29) is 0 Å². The van der Waals surface area contributed by atoms with Gasteiger partial charge >= 0.3 is 0 Å². The maximum absolute atomic E-state index is 9.66. The molecular formula is C106H62N10O. The van der Waals surface area contributed by atoms with E-state index in [1.165, 1.54) is 0 Å². The van der Waals surface area contributed by atoms with E-state index in [2.05, 4.69) is 303 Å². The molecule has 0 saturated heterocycles. The van der Waals surface area contributed by atoms with Crippen molar-refractivity contribution in [2.45, 2.75) is 0 Å². The number of aromatic nitrogens is 8. The van der Waals surface area contributed by atoms with E-state index in [9.17, 15) is 10.5 Å². The van der Waals surface area contributed by atoms with Crippen molar-refractivity contribution in [1.29, 1.82) is 10.5 Å². The third kappa shape index (κ3) is 10.9. The predicted octanol–water partition coefficient (Wildman–Crippen LogP) is 26.6. The van der Waals surface area contributed by atoms with Gasteiger partial charge in [0.25, 0.3) is 0 Å². The van der Waals surface area contributed by atoms with Crippen LogP contribution in [0.1, 0.15) is 11.1 Å². The molecule has 542 valence electrons. The number of nitrogens with zero attached hydrogens (tertiary/aromatic N) is 10. The molecule has 0 aliphatic heterocycles. The lowest BCUT2D eigenvalue weighted by molar-refractivity contribution is 0.670. The minimum Gasteiger partial charge on any atom is -0.455 e. The standard InChI is InChI=1S/C106H62N10O/c107-63-65-37-41-69(42-38-65)93-61-91(67-19-3-1-4-20-67)109-105(111-93)115-97-34-14-9-29-82(97)88-57-74(47-51-101(88)115)72-45-49-99-86(55-72)80-27-7-12-32-95(80)113(99)78-25-17-23-71(53-78)77-59-85(104-90(60-77)84-31-11-16-36-103(84)117-104)76-24-18-26-79(54-76)114-96-33-13-8-28-81(96)87-56-73(46-50-100(87)114)75-48-52-102-89(58-75)83-30-10-15-35-98(83)116(102)106-110-92(68-21-5-2-6-22-68)62-94(112-106)70-43-39-66(64-108)40-44-70/h1-62H. The molecule has 0 aliphatic carbocycles. The second-order valence-corrected chi connectivity index (χ2v) is 29.9. The van der Waals surface area contributed by atoms with Gasteiger partial charge in [0, 0.05) is 93.1 Å². The predicted molar refractivity (Wildman–Crippen MR) is 475 cm³/mol. The largest absolute Gasteiger partial charge is 0.455 e. The van der Waals surface area contributed by atoms with Crippen LogP contribution in [-0.4, -0.2) is 38.2 Å². The monoisotopic (exact) mass is 1490 g/mol. The van der Waals surface area contributed by atoms with Crippen molar-refractivity contribution in [2.24, 2.45) is 0 Å². The van der Waals surface area contributed by atoms with E-state index < -0.39 is 0 Å². The Labute approximate surface area is 670 Å². The highest BCUT2D eigenvalue weighted by Crippen LogP contribution is 2.46. The van der Waals surface area contributed by atoms with Crippen molar-refractivity contribution in [1.82, 2.24) is 38.2 Å². The number of para-hydroxylation sites is 5. The molecule has 0 saturated carbocycles. The summed E-state index contributed by atoms with van der Waals surface area (Å²) in [6.45, 7) is 0. The Bertz CT molecular complexity index is 8150. The lowest BCUT2D eigenvalue weighted by Gasteiger charge is -2.13. The molecule has 0 spiro atoms. The normalized spacial score (nSPS) is 11.7. The third-order valence-electron chi connectivity index (χ3n) is 23.3. The van der Waals surface area contributed by atoms with Crippen LogP contribution in [-0.2, 0) is 0 Å². The number of furan rings is 1. The fraction of sp³-hybridized carbons (Fsp3) is 0. The van der Waals surface area contributed by atoms with Crippen molar-refractivity contribution in [3.8, 4) is 125 Å². The lowest BCUT2D eigenvalue weighted by atomic mass is 9.95. The topological polar surface area (TPSA) is 132 Å². The molecule has 16 aromatic carbocycles. The average molecular weight is 1490 g/mol. The molecule has 0 aliphatic rings. The highest BCUT2D eigenvalue weighted by Gasteiger charge is 2.25. The van der Waals surface area contributed by atoms with Gasteiger partial charge in [-0.05, 0) is 191 Å². The summed E-state index contributed by atoms with van der Waals surface area (Å²) in [5.41, 5.74) is 28.9. The number of benzene rings is 16. The Morgan fingerprint density at radius 2 is 0.521 bits per heavy atom. The van der Waals surface area contributed by atoms with Gasteiger partial charge in [-0.1, -0.05) is 224 Å². The smallest absolute Gasteiger partial charge is 0.235 e. The van der Waals surface area contributed by atoms with Crippen LogP contribution in [0.15, 0.2) is 381 Å². The van der Waals surface area contributed by atoms with Crippen LogP contribution in [0, 0.1) is 22.7 Å². The van der Waals surface area contributed by atoms with Crippen molar-refractivity contribution < 1.29 is 4.42 Å². The molecule has 0 unspecified atom stereocenters. The number of fused-ring (bicyclic) bond motifs is 15. The Balaban J connectivity index is 0.601. The first kappa shape index (κ1) is 66.4. The minimum absolute atomic E-state index is 0.562. The maximum atomic E-state index is 9.66. The molecule has 11 nitrogen and oxygen atoms in total. The Kier molecular flexibility index (Phi) is 15.2. The summed E-state index contributed by atoms with van der Waals surface area (Å²) in [4.78, 5) is 21.1. The highest BCUT2D eigenvalue weighted by molar-refractivity contribution is 6.16. The van der Waals surface area contributed by atoms with E-state index in [4.69, 9.17) is 24.4 Å². The molecule has 0 radical (unpaired) electrons. The number of hydrogen-bond donors (Lipinski definition) is 0. The van der Waals surface area contributed by atoms with Crippen LogP contribution in [0.3, 0.4) is 0 Å². The molecule has 117 heavy (non-hydrogen) atoms. The maximum Gasteiger partial charge on any atom is 0.235 e. The molecule has 23 rings (SSSR count). The van der Waals surface area contributed by atoms with Gasteiger partial charge in [-0.15, -0.1) is 0 Å². The molecule has 23 aromatic rings. The summed E-state index contributed by atoms with van der Waals surface area (Å²) < 4.78 is 16.1. The summed E-state index contributed by atoms with van der Waals surface area (Å²) in [5, 5.41) is 30.4. The fourth-order valence-electron chi connectivity index (χ4n) is 17.8. The van der Waals surface area contributed by atoms with Crippen molar-refractivity contribution in [3.05, 3.63) is 387 Å². The number of nitriles is 2. The van der Waals surface area contributed by atoms with E-state index in [1.54, 1.807) is 0 Å². The summed E-state index contributed by atoms with van der Waals surface area (Å²) in [6, 6.07) is 137. The molecule has 11 heteroatoms. The quantitative estimate of drug-likeness (QED) is 0.119.